The summed E-state index contributed by atoms with van der Waals surface area (Å²) in [6.07, 6.45) is 0. The van der Waals surface area contributed by atoms with Crippen LogP contribution in [-0.4, -0.2) is 40.8 Å². The van der Waals surface area contributed by atoms with Gasteiger partial charge in [-0.1, -0.05) is 0 Å². The van der Waals surface area contributed by atoms with Crippen molar-refractivity contribution in [2.75, 3.05) is 26.2 Å². The van der Waals surface area contributed by atoms with E-state index in [1.165, 1.54) is 9.73 Å². The molecular formula is C4H9N2O3P. The Morgan fingerprint density at radius 3 is 2.30 bits per heavy atom. The molecule has 2 fully saturated rings. The first-order valence-electron chi connectivity index (χ1n) is 3.21. The van der Waals surface area contributed by atoms with Gasteiger partial charge in [0.2, 0.25) is 0 Å². The van der Waals surface area contributed by atoms with E-state index in [0.717, 1.165) is 13.1 Å². The van der Waals surface area contributed by atoms with E-state index in [1.807, 2.05) is 0 Å². The van der Waals surface area contributed by atoms with Crippen LogP contribution in [0.25, 0.3) is 0 Å². The minimum atomic E-state index is -3.39. The van der Waals surface area contributed by atoms with Crippen molar-refractivity contribution in [1.82, 2.24) is 9.73 Å². The van der Waals surface area contributed by atoms with Crippen molar-refractivity contribution < 1.29 is 14.1 Å². The number of hydrogen-bond acceptors (Lipinski definition) is 3. The monoisotopic (exact) mass is 164 g/mol. The van der Waals surface area contributed by atoms with Crippen molar-refractivity contribution in [3.8, 4) is 0 Å². The third-order valence-corrected chi connectivity index (χ3v) is 2.97. The summed E-state index contributed by atoms with van der Waals surface area (Å²) in [5, 5.41) is 1.49. The van der Waals surface area contributed by atoms with Crippen molar-refractivity contribution in [2.45, 2.75) is 0 Å². The quantitative estimate of drug-likeness (QED) is 0.456. The highest BCUT2D eigenvalue weighted by Gasteiger charge is 2.41. The number of nitrogens with zero attached hydrogens (tertiary/aromatic N) is 2. The van der Waals surface area contributed by atoms with Crippen molar-refractivity contribution >= 4 is 7.75 Å². The zero-order valence-electron chi connectivity index (χ0n) is 5.43. The average Bonchev–Trinajstić information content (AvgIpc) is 2.58. The average molecular weight is 164 g/mol. The maximum absolute atomic E-state index is 11.0. The van der Waals surface area contributed by atoms with Crippen molar-refractivity contribution in [3.05, 3.63) is 0 Å². The SMILES string of the molecule is O=P(O)(ON1CC1)N1CC1. The van der Waals surface area contributed by atoms with Crippen LogP contribution < -0.4 is 0 Å². The van der Waals surface area contributed by atoms with Crippen molar-refractivity contribution in [2.24, 2.45) is 0 Å². The van der Waals surface area contributed by atoms with Crippen LogP contribution in [0.15, 0.2) is 0 Å². The lowest BCUT2D eigenvalue weighted by Crippen LogP contribution is -2.02. The van der Waals surface area contributed by atoms with Crippen LogP contribution in [0, 0.1) is 0 Å². The Balaban J connectivity index is 1.91. The van der Waals surface area contributed by atoms with Gasteiger partial charge in [0.1, 0.15) is 0 Å². The van der Waals surface area contributed by atoms with Crippen LogP contribution in [0.3, 0.4) is 0 Å². The molecular weight excluding hydrogens is 155 g/mol. The standard InChI is InChI=1S/C4H9N2O3P/c7-10(8,6-3-4-6)9-5-1-2-5/h1-4H2,(H,7,8). The van der Waals surface area contributed by atoms with Gasteiger partial charge in [-0.15, -0.1) is 0 Å². The summed E-state index contributed by atoms with van der Waals surface area (Å²) in [5.74, 6) is 0. The van der Waals surface area contributed by atoms with Crippen LogP contribution in [0.2, 0.25) is 0 Å². The van der Waals surface area contributed by atoms with Crippen LogP contribution in [0.5, 0.6) is 0 Å². The fourth-order valence-corrected chi connectivity index (χ4v) is 1.78. The summed E-state index contributed by atoms with van der Waals surface area (Å²) >= 11 is 0. The summed E-state index contributed by atoms with van der Waals surface area (Å²) in [4.78, 5) is 9.08. The maximum atomic E-state index is 11.0. The molecule has 0 radical (unpaired) electrons. The van der Waals surface area contributed by atoms with Crippen LogP contribution in [0.4, 0.5) is 0 Å². The molecule has 5 nitrogen and oxygen atoms in total. The first-order valence-corrected chi connectivity index (χ1v) is 4.74. The highest BCUT2D eigenvalue weighted by atomic mass is 31.2. The van der Waals surface area contributed by atoms with Crippen LogP contribution >= 0.6 is 7.75 Å². The molecule has 1 unspecified atom stereocenters. The summed E-state index contributed by atoms with van der Waals surface area (Å²) in [7, 11) is -3.39. The van der Waals surface area contributed by atoms with Crippen LogP contribution in [0.1, 0.15) is 0 Å². The summed E-state index contributed by atoms with van der Waals surface area (Å²) in [5.41, 5.74) is 0. The van der Waals surface area contributed by atoms with Gasteiger partial charge in [0.25, 0.3) is 0 Å². The lowest BCUT2D eigenvalue weighted by Gasteiger charge is -2.10. The van der Waals surface area contributed by atoms with Gasteiger partial charge in [-0.05, 0) is 0 Å². The zero-order chi connectivity index (χ0) is 7.19. The maximum Gasteiger partial charge on any atom is 0.422 e. The van der Waals surface area contributed by atoms with Gasteiger partial charge in [-0.25, -0.2) is 13.9 Å². The molecule has 0 aromatic heterocycles. The molecule has 58 valence electrons. The molecule has 0 spiro atoms. The molecule has 0 aromatic carbocycles. The third kappa shape index (κ3) is 1.38. The Hall–Kier alpha value is 0.0700. The molecule has 0 aliphatic carbocycles. The van der Waals surface area contributed by atoms with Gasteiger partial charge < -0.3 is 4.89 Å². The Labute approximate surface area is 58.7 Å². The second-order valence-electron chi connectivity index (χ2n) is 2.45. The smallest absolute Gasteiger partial charge is 0.311 e. The number of rotatable bonds is 3. The van der Waals surface area contributed by atoms with Gasteiger partial charge in [-0.2, -0.15) is 5.06 Å². The largest absolute Gasteiger partial charge is 0.422 e. The Morgan fingerprint density at radius 1 is 1.30 bits per heavy atom. The van der Waals surface area contributed by atoms with E-state index >= 15 is 0 Å². The molecule has 2 saturated heterocycles. The van der Waals surface area contributed by atoms with Gasteiger partial charge in [-0.3, -0.25) is 0 Å². The molecule has 1 N–H and O–H groups in total. The Morgan fingerprint density at radius 2 is 1.90 bits per heavy atom. The molecule has 2 aliphatic heterocycles. The highest BCUT2D eigenvalue weighted by molar-refractivity contribution is 7.50. The van der Waals surface area contributed by atoms with E-state index in [4.69, 9.17) is 9.52 Å². The van der Waals surface area contributed by atoms with Crippen LogP contribution in [-0.2, 0) is 9.19 Å². The van der Waals surface area contributed by atoms with E-state index in [-0.39, 0.29) is 0 Å². The molecule has 10 heavy (non-hydrogen) atoms. The van der Waals surface area contributed by atoms with Crippen molar-refractivity contribution in [3.63, 3.8) is 0 Å². The highest BCUT2D eigenvalue weighted by Crippen LogP contribution is 2.52. The predicted molar refractivity (Wildman–Crippen MR) is 34.1 cm³/mol. The molecule has 2 rings (SSSR count). The molecule has 0 bridgehead atoms. The second-order valence-corrected chi connectivity index (χ2v) is 4.17. The lowest BCUT2D eigenvalue weighted by molar-refractivity contribution is 0.0431. The first kappa shape index (κ1) is 6.76. The van der Waals surface area contributed by atoms with Gasteiger partial charge in [0, 0.05) is 26.2 Å². The topological polar surface area (TPSA) is 52.5 Å². The van der Waals surface area contributed by atoms with Gasteiger partial charge in [0.15, 0.2) is 0 Å². The molecule has 1 atom stereocenters. The first-order chi connectivity index (χ1) is 4.68. The minimum absolute atomic E-state index is 0.682. The van der Waals surface area contributed by atoms with E-state index in [1.54, 1.807) is 0 Å². The molecule has 0 aromatic rings. The number of hydrogen-bond donors (Lipinski definition) is 1. The van der Waals surface area contributed by atoms with E-state index in [2.05, 4.69) is 0 Å². The summed E-state index contributed by atoms with van der Waals surface area (Å²) in [6.45, 7) is 2.92. The molecule has 0 saturated carbocycles. The molecule has 0 amide bonds. The summed E-state index contributed by atoms with van der Waals surface area (Å²) < 4.78 is 17.2. The lowest BCUT2D eigenvalue weighted by atomic mass is 11.0. The van der Waals surface area contributed by atoms with Gasteiger partial charge in [0.05, 0.1) is 0 Å². The van der Waals surface area contributed by atoms with E-state index < -0.39 is 7.75 Å². The second kappa shape index (κ2) is 2.03. The fraction of sp³-hybridized carbons (Fsp3) is 1.00. The third-order valence-electron chi connectivity index (χ3n) is 1.41. The fourth-order valence-electron chi connectivity index (χ4n) is 0.622. The Bertz CT molecular complexity index is 189. The van der Waals surface area contributed by atoms with E-state index in [9.17, 15) is 4.57 Å². The normalized spacial score (nSPS) is 31.7. The van der Waals surface area contributed by atoms with Gasteiger partial charge >= 0.3 is 7.75 Å². The number of hydroxylamine groups is 2. The molecule has 6 heteroatoms. The Kier molecular flexibility index (Phi) is 1.37. The zero-order valence-corrected chi connectivity index (χ0v) is 6.33. The van der Waals surface area contributed by atoms with E-state index in [0.29, 0.717) is 13.1 Å². The molecule has 2 aliphatic rings. The summed E-state index contributed by atoms with van der Waals surface area (Å²) in [6, 6.07) is 0. The predicted octanol–water partition coefficient (Wildman–Crippen LogP) is -0.350. The minimum Gasteiger partial charge on any atom is -0.311 e. The molecule has 2 heterocycles. The van der Waals surface area contributed by atoms with Crippen molar-refractivity contribution in [1.29, 1.82) is 0 Å².